The lowest BCUT2D eigenvalue weighted by Gasteiger charge is -2.00. The van der Waals surface area contributed by atoms with Gasteiger partial charge in [0.2, 0.25) is 0 Å². The second-order valence-corrected chi connectivity index (χ2v) is 5.72. The van der Waals surface area contributed by atoms with Crippen LogP contribution < -0.4 is 5.32 Å². The number of amides is 1. The third-order valence-corrected chi connectivity index (χ3v) is 3.99. The molecule has 3 rings (SSSR count). The van der Waals surface area contributed by atoms with Gasteiger partial charge in [0.15, 0.2) is 5.69 Å². The summed E-state index contributed by atoms with van der Waals surface area (Å²) in [4.78, 5) is 16.4. The highest BCUT2D eigenvalue weighted by Crippen LogP contribution is 2.21. The third-order valence-electron chi connectivity index (χ3n) is 3.08. The fourth-order valence-electron chi connectivity index (χ4n) is 1.99. The minimum atomic E-state index is -0.215. The van der Waals surface area contributed by atoms with Gasteiger partial charge < -0.3 is 5.32 Å². The van der Waals surface area contributed by atoms with Gasteiger partial charge in [0.1, 0.15) is 0 Å². The molecule has 0 saturated heterocycles. The number of carbonyl (C=O) groups is 1. The summed E-state index contributed by atoms with van der Waals surface area (Å²) in [6, 6.07) is 10.0. The molecule has 0 aliphatic carbocycles. The zero-order valence-electron chi connectivity index (χ0n) is 12.1. The van der Waals surface area contributed by atoms with Crippen molar-refractivity contribution in [2.45, 2.75) is 6.42 Å². The molecule has 7 heteroatoms. The Balaban J connectivity index is 1.54. The molecular formula is C15H15N5OS. The minimum absolute atomic E-state index is 0.215. The highest BCUT2D eigenvalue weighted by molar-refractivity contribution is 7.09. The number of hydrogen-bond acceptors (Lipinski definition) is 5. The van der Waals surface area contributed by atoms with E-state index in [0.29, 0.717) is 18.7 Å². The van der Waals surface area contributed by atoms with Crippen LogP contribution in [-0.4, -0.2) is 32.4 Å². The second-order valence-electron chi connectivity index (χ2n) is 4.78. The molecule has 6 nitrogen and oxygen atoms in total. The van der Waals surface area contributed by atoms with Gasteiger partial charge in [0, 0.05) is 31.0 Å². The Hall–Kier alpha value is -2.54. The van der Waals surface area contributed by atoms with Crippen molar-refractivity contribution in [2.24, 2.45) is 7.05 Å². The van der Waals surface area contributed by atoms with E-state index in [1.165, 1.54) is 4.68 Å². The monoisotopic (exact) mass is 313 g/mol. The van der Waals surface area contributed by atoms with Crippen molar-refractivity contribution in [3.63, 3.8) is 0 Å². The Morgan fingerprint density at radius 3 is 2.86 bits per heavy atom. The average Bonchev–Trinajstić information content (AvgIpc) is 3.17. The van der Waals surface area contributed by atoms with Gasteiger partial charge in [-0.25, -0.2) is 4.98 Å². The zero-order chi connectivity index (χ0) is 15.4. The number of benzene rings is 1. The van der Waals surface area contributed by atoms with Crippen LogP contribution in [0.25, 0.3) is 11.3 Å². The van der Waals surface area contributed by atoms with Crippen LogP contribution in [0.2, 0.25) is 0 Å². The first kappa shape index (κ1) is 14.4. The number of carbonyl (C=O) groups excluding carboxylic acids is 1. The lowest BCUT2D eigenvalue weighted by atomic mass is 10.2. The maximum atomic E-state index is 11.8. The van der Waals surface area contributed by atoms with Gasteiger partial charge >= 0.3 is 0 Å². The van der Waals surface area contributed by atoms with E-state index in [9.17, 15) is 4.79 Å². The summed E-state index contributed by atoms with van der Waals surface area (Å²) in [7, 11) is 1.73. The molecule has 0 spiro atoms. The van der Waals surface area contributed by atoms with Crippen molar-refractivity contribution in [1.29, 1.82) is 0 Å². The van der Waals surface area contributed by atoms with Gasteiger partial charge in [-0.2, -0.15) is 0 Å². The molecule has 0 aliphatic heterocycles. The van der Waals surface area contributed by atoms with Crippen LogP contribution in [0.3, 0.4) is 0 Å². The van der Waals surface area contributed by atoms with E-state index >= 15 is 0 Å². The first-order chi connectivity index (χ1) is 10.7. The molecule has 2 heterocycles. The number of thiazole rings is 1. The Morgan fingerprint density at radius 1 is 1.32 bits per heavy atom. The van der Waals surface area contributed by atoms with Crippen LogP contribution in [-0.2, 0) is 13.5 Å². The molecule has 0 unspecified atom stereocenters. The number of nitrogens with zero attached hydrogens (tertiary/aromatic N) is 4. The van der Waals surface area contributed by atoms with Crippen LogP contribution in [0.1, 0.15) is 15.5 Å². The number of hydrogen-bond donors (Lipinski definition) is 1. The summed E-state index contributed by atoms with van der Waals surface area (Å²) in [6.45, 7) is 0.525. The number of aryl methyl sites for hydroxylation is 1. The predicted molar refractivity (Wildman–Crippen MR) is 84.6 cm³/mol. The summed E-state index contributed by atoms with van der Waals surface area (Å²) in [5.74, 6) is -0.215. The molecule has 0 radical (unpaired) electrons. The summed E-state index contributed by atoms with van der Waals surface area (Å²) < 4.78 is 1.50. The zero-order valence-corrected chi connectivity index (χ0v) is 12.9. The first-order valence-electron chi connectivity index (χ1n) is 6.87. The fourth-order valence-corrected chi connectivity index (χ4v) is 2.80. The lowest BCUT2D eigenvalue weighted by Crippen LogP contribution is -2.26. The van der Waals surface area contributed by atoms with Gasteiger partial charge in [-0.3, -0.25) is 9.48 Å². The van der Waals surface area contributed by atoms with E-state index in [4.69, 9.17) is 0 Å². The molecule has 112 valence electrons. The first-order valence-corrected chi connectivity index (χ1v) is 7.74. The summed E-state index contributed by atoms with van der Waals surface area (Å²) in [6.07, 6.45) is 2.29. The van der Waals surface area contributed by atoms with Crippen molar-refractivity contribution in [1.82, 2.24) is 25.3 Å². The van der Waals surface area contributed by atoms with Gasteiger partial charge in [0.05, 0.1) is 16.9 Å². The van der Waals surface area contributed by atoms with E-state index in [-0.39, 0.29) is 5.91 Å². The predicted octanol–water partition coefficient (Wildman–Crippen LogP) is 1.91. The number of rotatable bonds is 5. The SMILES string of the molecule is Cn1cc(C(=O)NCCc2nc(-c3ccccc3)cs2)nn1. The molecule has 3 aromatic rings. The maximum Gasteiger partial charge on any atom is 0.273 e. The lowest BCUT2D eigenvalue weighted by molar-refractivity contribution is 0.0949. The van der Waals surface area contributed by atoms with Crippen LogP contribution in [0.5, 0.6) is 0 Å². The Kier molecular flexibility index (Phi) is 4.24. The molecule has 1 N–H and O–H groups in total. The largest absolute Gasteiger partial charge is 0.350 e. The van der Waals surface area contributed by atoms with E-state index in [2.05, 4.69) is 20.6 Å². The summed E-state index contributed by atoms with van der Waals surface area (Å²) >= 11 is 1.60. The van der Waals surface area contributed by atoms with Gasteiger partial charge in [0.25, 0.3) is 5.91 Å². The summed E-state index contributed by atoms with van der Waals surface area (Å²) in [5.41, 5.74) is 2.40. The highest BCUT2D eigenvalue weighted by atomic mass is 32.1. The molecular weight excluding hydrogens is 298 g/mol. The van der Waals surface area contributed by atoms with Crippen LogP contribution in [0.4, 0.5) is 0 Å². The van der Waals surface area contributed by atoms with Crippen LogP contribution >= 0.6 is 11.3 Å². The normalized spacial score (nSPS) is 10.6. The molecule has 0 fully saturated rings. The van der Waals surface area contributed by atoms with E-state index in [0.717, 1.165) is 16.3 Å². The van der Waals surface area contributed by atoms with Crippen LogP contribution in [0, 0.1) is 0 Å². The van der Waals surface area contributed by atoms with Crippen molar-refractivity contribution in [2.75, 3.05) is 6.54 Å². The fraction of sp³-hybridized carbons (Fsp3) is 0.200. The van der Waals surface area contributed by atoms with Crippen molar-refractivity contribution in [3.05, 3.63) is 52.6 Å². The highest BCUT2D eigenvalue weighted by Gasteiger charge is 2.10. The molecule has 0 aliphatic rings. The minimum Gasteiger partial charge on any atom is -0.350 e. The van der Waals surface area contributed by atoms with Gasteiger partial charge in [-0.05, 0) is 0 Å². The van der Waals surface area contributed by atoms with E-state index in [1.54, 1.807) is 24.6 Å². The Morgan fingerprint density at radius 2 is 2.14 bits per heavy atom. The Labute approximate surface area is 131 Å². The topological polar surface area (TPSA) is 72.7 Å². The molecule has 2 aromatic heterocycles. The van der Waals surface area contributed by atoms with Crippen molar-refractivity contribution < 1.29 is 4.79 Å². The standard InChI is InChI=1S/C15H15N5OS/c1-20-9-12(18-19-20)15(21)16-8-7-14-17-13(10-22-14)11-5-3-2-4-6-11/h2-6,9-10H,7-8H2,1H3,(H,16,21). The van der Waals surface area contributed by atoms with Gasteiger partial charge in [-0.15, -0.1) is 16.4 Å². The third kappa shape index (κ3) is 3.37. The smallest absolute Gasteiger partial charge is 0.273 e. The number of nitrogens with one attached hydrogen (secondary N) is 1. The second kappa shape index (κ2) is 6.48. The van der Waals surface area contributed by atoms with Crippen LogP contribution in [0.15, 0.2) is 41.9 Å². The summed E-state index contributed by atoms with van der Waals surface area (Å²) in [5, 5.41) is 13.4. The van der Waals surface area contributed by atoms with Crippen molar-refractivity contribution >= 4 is 17.2 Å². The molecule has 22 heavy (non-hydrogen) atoms. The molecule has 0 atom stereocenters. The molecule has 1 aromatic carbocycles. The quantitative estimate of drug-likeness (QED) is 0.781. The van der Waals surface area contributed by atoms with E-state index in [1.807, 2.05) is 35.7 Å². The average molecular weight is 313 g/mol. The molecule has 0 saturated carbocycles. The Bertz CT molecular complexity index is 765. The molecule has 1 amide bonds. The van der Waals surface area contributed by atoms with Crippen molar-refractivity contribution in [3.8, 4) is 11.3 Å². The molecule has 0 bridgehead atoms. The maximum absolute atomic E-state index is 11.8. The van der Waals surface area contributed by atoms with Gasteiger partial charge in [-0.1, -0.05) is 35.5 Å². The van der Waals surface area contributed by atoms with E-state index < -0.39 is 0 Å². The number of aromatic nitrogens is 4.